The predicted octanol–water partition coefficient (Wildman–Crippen LogP) is 1.17. The zero-order valence-electron chi connectivity index (χ0n) is 7.94. The summed E-state index contributed by atoms with van der Waals surface area (Å²) in [6, 6.07) is 4.39. The molecule has 1 aromatic rings. The van der Waals surface area contributed by atoms with Crippen LogP contribution in [0, 0.1) is 0 Å². The molecular formula is C9H10F2O3S. The van der Waals surface area contributed by atoms with Crippen LogP contribution in [0.2, 0.25) is 0 Å². The topological polar surface area (TPSA) is 54.4 Å². The van der Waals surface area contributed by atoms with Gasteiger partial charge >= 0.3 is 0 Å². The number of hydrogen-bond donors (Lipinski definition) is 1. The highest BCUT2D eigenvalue weighted by Gasteiger charge is 2.31. The summed E-state index contributed by atoms with van der Waals surface area (Å²) in [5, 5.41) is 8.44. The lowest BCUT2D eigenvalue weighted by atomic mass is 10.1. The fourth-order valence-corrected chi connectivity index (χ4v) is 1.71. The third-order valence-corrected chi connectivity index (χ3v) is 2.99. The highest BCUT2D eigenvalue weighted by molar-refractivity contribution is 7.90. The number of aliphatic hydroxyl groups is 1. The van der Waals surface area contributed by atoms with Crippen molar-refractivity contribution in [1.29, 1.82) is 0 Å². The van der Waals surface area contributed by atoms with Crippen LogP contribution in [0.1, 0.15) is 5.56 Å². The second kappa shape index (κ2) is 3.86. The Hall–Kier alpha value is -1.01. The first-order valence-electron chi connectivity index (χ1n) is 4.06. The SMILES string of the molecule is CS(=O)(=O)c1cccc(C(F)(F)CO)c1. The molecule has 15 heavy (non-hydrogen) atoms. The Morgan fingerprint density at radius 2 is 2.00 bits per heavy atom. The van der Waals surface area contributed by atoms with Gasteiger partial charge in [-0.25, -0.2) is 8.42 Å². The van der Waals surface area contributed by atoms with E-state index in [0.29, 0.717) is 0 Å². The van der Waals surface area contributed by atoms with Crippen molar-refractivity contribution in [3.05, 3.63) is 29.8 Å². The quantitative estimate of drug-likeness (QED) is 0.857. The lowest BCUT2D eigenvalue weighted by Crippen LogP contribution is -2.18. The second-order valence-corrected chi connectivity index (χ2v) is 5.18. The van der Waals surface area contributed by atoms with Gasteiger partial charge in [0.05, 0.1) is 4.90 Å². The number of halogens is 2. The van der Waals surface area contributed by atoms with E-state index in [2.05, 4.69) is 0 Å². The van der Waals surface area contributed by atoms with Crippen LogP contribution in [-0.4, -0.2) is 26.4 Å². The lowest BCUT2D eigenvalue weighted by molar-refractivity contribution is -0.0557. The minimum Gasteiger partial charge on any atom is -0.390 e. The van der Waals surface area contributed by atoms with Gasteiger partial charge in [0.25, 0.3) is 5.92 Å². The average molecular weight is 236 g/mol. The Bertz CT molecular complexity index is 454. The van der Waals surface area contributed by atoms with Crippen LogP contribution in [-0.2, 0) is 15.8 Å². The first-order chi connectivity index (χ1) is 6.77. The number of benzene rings is 1. The number of rotatable bonds is 3. The van der Waals surface area contributed by atoms with Crippen molar-refractivity contribution in [1.82, 2.24) is 0 Å². The molecular weight excluding hydrogens is 226 g/mol. The molecule has 1 N–H and O–H groups in total. The third-order valence-electron chi connectivity index (χ3n) is 1.88. The third kappa shape index (κ3) is 2.73. The Kier molecular flexibility index (Phi) is 3.11. The maximum absolute atomic E-state index is 13.0. The predicted molar refractivity (Wildman–Crippen MR) is 50.5 cm³/mol. The Balaban J connectivity index is 3.26. The van der Waals surface area contributed by atoms with E-state index in [1.165, 1.54) is 12.1 Å². The van der Waals surface area contributed by atoms with Crippen LogP contribution in [0.15, 0.2) is 29.2 Å². The van der Waals surface area contributed by atoms with E-state index in [-0.39, 0.29) is 4.90 Å². The molecule has 0 bridgehead atoms. The van der Waals surface area contributed by atoms with Crippen LogP contribution >= 0.6 is 0 Å². The zero-order valence-corrected chi connectivity index (χ0v) is 8.76. The summed E-state index contributed by atoms with van der Waals surface area (Å²) in [5.74, 6) is -3.42. The highest BCUT2D eigenvalue weighted by Crippen LogP contribution is 2.28. The van der Waals surface area contributed by atoms with Gasteiger partial charge < -0.3 is 5.11 Å². The maximum atomic E-state index is 13.0. The molecule has 0 aliphatic heterocycles. The van der Waals surface area contributed by atoms with Crippen molar-refractivity contribution in [3.8, 4) is 0 Å². The van der Waals surface area contributed by atoms with Crippen LogP contribution < -0.4 is 0 Å². The van der Waals surface area contributed by atoms with E-state index < -0.39 is 27.9 Å². The molecule has 84 valence electrons. The first-order valence-corrected chi connectivity index (χ1v) is 5.96. The molecule has 1 rings (SSSR count). The highest BCUT2D eigenvalue weighted by atomic mass is 32.2. The molecule has 0 saturated carbocycles. The van der Waals surface area contributed by atoms with Gasteiger partial charge in [-0.05, 0) is 12.1 Å². The van der Waals surface area contributed by atoms with Gasteiger partial charge in [-0.2, -0.15) is 8.78 Å². The number of alkyl halides is 2. The second-order valence-electron chi connectivity index (χ2n) is 3.16. The van der Waals surface area contributed by atoms with Crippen molar-refractivity contribution in [2.24, 2.45) is 0 Å². The van der Waals surface area contributed by atoms with Crippen molar-refractivity contribution >= 4 is 9.84 Å². The van der Waals surface area contributed by atoms with Gasteiger partial charge in [-0.3, -0.25) is 0 Å². The van der Waals surface area contributed by atoms with E-state index in [4.69, 9.17) is 5.11 Å². The average Bonchev–Trinajstić information content (AvgIpc) is 2.17. The summed E-state index contributed by atoms with van der Waals surface area (Å²) in [5.41, 5.74) is -0.507. The van der Waals surface area contributed by atoms with Gasteiger partial charge in [-0.15, -0.1) is 0 Å². The van der Waals surface area contributed by atoms with Gasteiger partial charge in [0.2, 0.25) is 0 Å². The maximum Gasteiger partial charge on any atom is 0.295 e. The summed E-state index contributed by atoms with van der Waals surface area (Å²) in [7, 11) is -3.51. The fourth-order valence-electron chi connectivity index (χ4n) is 1.05. The molecule has 0 unspecified atom stereocenters. The zero-order chi connectivity index (χ0) is 11.7. The summed E-state index contributed by atoms with van der Waals surface area (Å²) < 4.78 is 48.2. The molecule has 0 aliphatic carbocycles. The van der Waals surface area contributed by atoms with E-state index in [0.717, 1.165) is 18.4 Å². The number of sulfone groups is 1. The monoisotopic (exact) mass is 236 g/mol. The normalized spacial score (nSPS) is 12.8. The summed E-state index contributed by atoms with van der Waals surface area (Å²) in [6.45, 7) is -1.35. The molecule has 0 fully saturated rings. The first kappa shape index (κ1) is 12.1. The van der Waals surface area contributed by atoms with E-state index in [9.17, 15) is 17.2 Å². The molecule has 0 spiro atoms. The van der Waals surface area contributed by atoms with Crippen molar-refractivity contribution in [2.75, 3.05) is 12.9 Å². The molecule has 1 aromatic carbocycles. The van der Waals surface area contributed by atoms with Crippen LogP contribution in [0.3, 0.4) is 0 Å². The fraction of sp³-hybridized carbons (Fsp3) is 0.333. The van der Waals surface area contributed by atoms with Gasteiger partial charge in [0.15, 0.2) is 9.84 Å². The van der Waals surface area contributed by atoms with Crippen LogP contribution in [0.25, 0.3) is 0 Å². The molecule has 0 heterocycles. The molecule has 0 atom stereocenters. The number of aliphatic hydroxyl groups excluding tert-OH is 1. The molecule has 3 nitrogen and oxygen atoms in total. The van der Waals surface area contributed by atoms with E-state index in [1.54, 1.807) is 0 Å². The summed E-state index contributed by atoms with van der Waals surface area (Å²) in [6.07, 6.45) is 0.934. The Morgan fingerprint density at radius 1 is 1.40 bits per heavy atom. The summed E-state index contributed by atoms with van der Waals surface area (Å²) in [4.78, 5) is -0.187. The molecule has 0 aromatic heterocycles. The minimum atomic E-state index is -3.51. The Labute approximate surface area is 86.3 Å². The van der Waals surface area contributed by atoms with Crippen molar-refractivity contribution in [3.63, 3.8) is 0 Å². The van der Waals surface area contributed by atoms with Crippen LogP contribution in [0.5, 0.6) is 0 Å². The van der Waals surface area contributed by atoms with Crippen molar-refractivity contribution in [2.45, 2.75) is 10.8 Å². The van der Waals surface area contributed by atoms with Crippen molar-refractivity contribution < 1.29 is 22.3 Å². The molecule has 0 amide bonds. The summed E-state index contributed by atoms with van der Waals surface area (Å²) >= 11 is 0. The molecule has 0 saturated heterocycles. The van der Waals surface area contributed by atoms with E-state index in [1.807, 2.05) is 0 Å². The van der Waals surface area contributed by atoms with Gasteiger partial charge in [-0.1, -0.05) is 12.1 Å². The van der Waals surface area contributed by atoms with Gasteiger partial charge in [0, 0.05) is 11.8 Å². The standard InChI is InChI=1S/C9H10F2O3S/c1-15(13,14)8-4-2-3-7(5-8)9(10,11)6-12/h2-5,12H,6H2,1H3. The van der Waals surface area contributed by atoms with Crippen LogP contribution in [0.4, 0.5) is 8.78 Å². The van der Waals surface area contributed by atoms with E-state index >= 15 is 0 Å². The largest absolute Gasteiger partial charge is 0.390 e. The Morgan fingerprint density at radius 3 is 2.47 bits per heavy atom. The minimum absolute atomic E-state index is 0.187. The molecule has 6 heteroatoms. The number of hydrogen-bond acceptors (Lipinski definition) is 3. The molecule has 0 radical (unpaired) electrons. The smallest absolute Gasteiger partial charge is 0.295 e. The van der Waals surface area contributed by atoms with Gasteiger partial charge in [0.1, 0.15) is 6.61 Å². The molecule has 0 aliphatic rings. The lowest BCUT2D eigenvalue weighted by Gasteiger charge is -2.13.